The Labute approximate surface area is 124 Å². The van der Waals surface area contributed by atoms with Crippen LogP contribution >= 0.6 is 11.9 Å². The third-order valence-electron chi connectivity index (χ3n) is 3.57. The van der Waals surface area contributed by atoms with Crippen molar-refractivity contribution in [3.8, 4) is 11.5 Å². The predicted molar refractivity (Wildman–Crippen MR) is 84.7 cm³/mol. The van der Waals surface area contributed by atoms with E-state index in [-0.39, 0.29) is 0 Å². The number of para-hydroxylation sites is 1. The average molecular weight is 291 g/mol. The molecule has 1 aromatic heterocycles. The lowest BCUT2D eigenvalue weighted by Crippen LogP contribution is -2.32. The van der Waals surface area contributed by atoms with E-state index >= 15 is 0 Å². The molecular formula is C16H9N3OS. The second-order valence-corrected chi connectivity index (χ2v) is 5.74. The minimum atomic E-state index is 0.777. The molecule has 4 heterocycles. The van der Waals surface area contributed by atoms with Crippen LogP contribution < -0.4 is 19.6 Å². The number of rotatable bonds is 0. The summed E-state index contributed by atoms with van der Waals surface area (Å²) < 4.78 is 7.98. The van der Waals surface area contributed by atoms with Crippen LogP contribution in [-0.4, -0.2) is 10.8 Å². The number of amidine groups is 1. The van der Waals surface area contributed by atoms with E-state index in [4.69, 9.17) is 9.72 Å². The third-order valence-corrected chi connectivity index (χ3v) is 4.40. The second kappa shape index (κ2) is 3.99. The Balaban J connectivity index is 1.77. The zero-order valence-corrected chi connectivity index (χ0v) is 11.7. The average Bonchev–Trinajstić information content (AvgIpc) is 3.00. The first kappa shape index (κ1) is 11.2. The van der Waals surface area contributed by atoms with Crippen LogP contribution in [0.25, 0.3) is 12.3 Å². The Kier molecular flexibility index (Phi) is 2.12. The molecule has 3 aliphatic rings. The number of fused-ring (bicyclic) bond motifs is 5. The molecule has 5 heteroatoms. The highest BCUT2D eigenvalue weighted by Crippen LogP contribution is 2.30. The number of hydrogen-bond acceptors (Lipinski definition) is 5. The highest BCUT2D eigenvalue weighted by molar-refractivity contribution is 8.04. The molecule has 0 unspecified atom stereocenters. The van der Waals surface area contributed by atoms with Crippen LogP contribution in [0.4, 0.5) is 5.82 Å². The highest BCUT2D eigenvalue weighted by Gasteiger charge is 2.23. The van der Waals surface area contributed by atoms with Gasteiger partial charge in [-0.2, -0.15) is 0 Å². The normalized spacial score (nSPS) is 16.6. The monoisotopic (exact) mass is 291 g/mol. The van der Waals surface area contributed by atoms with Gasteiger partial charge in [0.2, 0.25) is 0 Å². The van der Waals surface area contributed by atoms with Gasteiger partial charge in [-0.15, -0.1) is 0 Å². The number of ether oxygens (including phenoxy) is 1. The highest BCUT2D eigenvalue weighted by atomic mass is 32.2. The Morgan fingerprint density at radius 2 is 2.10 bits per heavy atom. The van der Waals surface area contributed by atoms with Gasteiger partial charge in [0.05, 0.1) is 0 Å². The largest absolute Gasteiger partial charge is 0.454 e. The summed E-state index contributed by atoms with van der Waals surface area (Å²) in [4.78, 5) is 9.20. The molecule has 1 aromatic carbocycles. The summed E-state index contributed by atoms with van der Waals surface area (Å²) in [6.45, 7) is 0. The lowest BCUT2D eigenvalue weighted by Gasteiger charge is -2.21. The molecule has 0 saturated carbocycles. The smallest absolute Gasteiger partial charge is 0.154 e. The number of nitrogens with zero attached hydrogens (tertiary/aromatic N) is 3. The van der Waals surface area contributed by atoms with Crippen molar-refractivity contribution in [1.29, 1.82) is 0 Å². The van der Waals surface area contributed by atoms with Crippen molar-refractivity contribution in [2.75, 3.05) is 4.31 Å². The lowest BCUT2D eigenvalue weighted by atomic mass is 10.1. The topological polar surface area (TPSA) is 37.7 Å². The molecule has 100 valence electrons. The minimum absolute atomic E-state index is 0.777. The first-order chi connectivity index (χ1) is 10.4. The molecule has 0 atom stereocenters. The van der Waals surface area contributed by atoms with Crippen molar-refractivity contribution in [2.45, 2.75) is 0 Å². The number of benzene rings is 1. The zero-order valence-electron chi connectivity index (χ0n) is 10.9. The van der Waals surface area contributed by atoms with Gasteiger partial charge < -0.3 is 4.74 Å². The Morgan fingerprint density at radius 3 is 3.10 bits per heavy atom. The fourth-order valence-corrected chi connectivity index (χ4v) is 3.34. The molecule has 3 aliphatic heterocycles. The van der Waals surface area contributed by atoms with Crippen molar-refractivity contribution in [3.05, 3.63) is 57.9 Å². The maximum atomic E-state index is 5.95. The summed E-state index contributed by atoms with van der Waals surface area (Å²) in [6, 6.07) is 9.97. The van der Waals surface area contributed by atoms with Gasteiger partial charge in [-0.1, -0.05) is 18.2 Å². The van der Waals surface area contributed by atoms with E-state index in [2.05, 4.69) is 11.1 Å². The van der Waals surface area contributed by atoms with Crippen LogP contribution in [0.1, 0.15) is 5.56 Å². The van der Waals surface area contributed by atoms with E-state index in [0.717, 1.165) is 39.3 Å². The molecule has 5 rings (SSSR count). The van der Waals surface area contributed by atoms with Gasteiger partial charge in [-0.3, -0.25) is 0 Å². The Bertz CT molecular complexity index is 962. The lowest BCUT2D eigenvalue weighted by molar-refractivity contribution is 0.469. The molecule has 4 nitrogen and oxygen atoms in total. The zero-order chi connectivity index (χ0) is 13.8. The fourth-order valence-electron chi connectivity index (χ4n) is 2.58. The standard InChI is InChI=1S/C16H9N3OS/c1-2-4-13-10(3-1)7-12-14(20-13)8-11-9-17-15-5-6-21-19(15)16(11)18-12/h1-9H. The number of aromatic nitrogens is 1. The molecule has 21 heavy (non-hydrogen) atoms. The van der Waals surface area contributed by atoms with Gasteiger partial charge >= 0.3 is 0 Å². The molecule has 0 spiro atoms. The molecule has 0 amide bonds. The van der Waals surface area contributed by atoms with Gasteiger partial charge in [0.25, 0.3) is 0 Å². The number of hydrogen-bond donors (Lipinski definition) is 0. The van der Waals surface area contributed by atoms with Crippen molar-refractivity contribution in [3.63, 3.8) is 0 Å². The summed E-state index contributed by atoms with van der Waals surface area (Å²) in [5.41, 5.74) is 1.05. The Hall–Kier alpha value is -2.53. The van der Waals surface area contributed by atoms with E-state index < -0.39 is 0 Å². The summed E-state index contributed by atoms with van der Waals surface area (Å²) in [5, 5.41) is 3.84. The van der Waals surface area contributed by atoms with E-state index in [1.165, 1.54) is 0 Å². The van der Waals surface area contributed by atoms with Gasteiger partial charge in [-0.25, -0.2) is 14.3 Å². The van der Waals surface area contributed by atoms with E-state index in [1.807, 2.05) is 52.3 Å². The van der Waals surface area contributed by atoms with Gasteiger partial charge in [-0.05, 0) is 41.6 Å². The van der Waals surface area contributed by atoms with Crippen molar-refractivity contribution in [2.24, 2.45) is 4.99 Å². The molecule has 0 bridgehead atoms. The van der Waals surface area contributed by atoms with Crippen LogP contribution in [0, 0.1) is 0 Å². The van der Waals surface area contributed by atoms with Crippen LogP contribution in [0.15, 0.2) is 46.8 Å². The summed E-state index contributed by atoms with van der Waals surface area (Å²) >= 11 is 1.59. The quantitative estimate of drug-likeness (QED) is 0.595. The summed E-state index contributed by atoms with van der Waals surface area (Å²) in [6.07, 6.45) is 5.89. The number of anilines is 1. The maximum Gasteiger partial charge on any atom is 0.154 e. The molecule has 0 N–H and O–H groups in total. The molecule has 2 aromatic rings. The van der Waals surface area contributed by atoms with Gasteiger partial charge in [0, 0.05) is 17.0 Å². The van der Waals surface area contributed by atoms with E-state index in [9.17, 15) is 0 Å². The van der Waals surface area contributed by atoms with Gasteiger partial charge in [0.1, 0.15) is 16.9 Å². The predicted octanol–water partition coefficient (Wildman–Crippen LogP) is 2.15. The molecule has 0 saturated heterocycles. The van der Waals surface area contributed by atoms with Crippen LogP contribution in [0.3, 0.4) is 0 Å². The fraction of sp³-hybridized carbons (Fsp3) is 0. The minimum Gasteiger partial charge on any atom is -0.454 e. The van der Waals surface area contributed by atoms with Gasteiger partial charge in [0.15, 0.2) is 11.6 Å². The first-order valence-electron chi connectivity index (χ1n) is 6.60. The van der Waals surface area contributed by atoms with Crippen molar-refractivity contribution >= 4 is 35.9 Å². The first-order valence-corrected chi connectivity index (χ1v) is 7.43. The number of pyridine rings is 1. The van der Waals surface area contributed by atoms with E-state index in [1.54, 1.807) is 11.9 Å². The maximum absolute atomic E-state index is 5.95. The molecule has 0 aliphatic carbocycles. The van der Waals surface area contributed by atoms with Crippen molar-refractivity contribution < 1.29 is 4.74 Å². The van der Waals surface area contributed by atoms with Crippen LogP contribution in [0.5, 0.6) is 11.5 Å². The van der Waals surface area contributed by atoms with Crippen LogP contribution in [0.2, 0.25) is 0 Å². The SMILES string of the molecule is C1=CC2=NC=c3cc4c(nc3N2S1)=Cc1ccccc1O4. The van der Waals surface area contributed by atoms with Crippen molar-refractivity contribution in [1.82, 2.24) is 4.98 Å². The summed E-state index contributed by atoms with van der Waals surface area (Å²) in [5.74, 6) is 3.47. The van der Waals surface area contributed by atoms with Crippen LogP contribution in [-0.2, 0) is 0 Å². The molecule has 0 fully saturated rings. The Morgan fingerprint density at radius 1 is 1.14 bits per heavy atom. The summed E-state index contributed by atoms with van der Waals surface area (Å²) in [7, 11) is 0. The van der Waals surface area contributed by atoms with E-state index in [0.29, 0.717) is 0 Å². The molecular weight excluding hydrogens is 282 g/mol. The second-order valence-electron chi connectivity index (χ2n) is 4.89. The molecule has 0 radical (unpaired) electrons. The number of aliphatic imine (C=N–C) groups is 1. The third kappa shape index (κ3) is 1.58.